The topological polar surface area (TPSA) is 73.9 Å². The summed E-state index contributed by atoms with van der Waals surface area (Å²) in [4.78, 5) is 24.0. The van der Waals surface area contributed by atoms with Gasteiger partial charge in [-0.2, -0.15) is 0 Å². The quantitative estimate of drug-likeness (QED) is 0.816. The minimum Gasteiger partial charge on any atom is -0.497 e. The fourth-order valence-electron chi connectivity index (χ4n) is 2.16. The van der Waals surface area contributed by atoms with E-state index < -0.39 is 11.9 Å². The van der Waals surface area contributed by atoms with Crippen molar-refractivity contribution in [2.75, 3.05) is 26.1 Å². The Labute approximate surface area is 146 Å². The molecule has 6 nitrogen and oxygen atoms in total. The number of amides is 1. The van der Waals surface area contributed by atoms with Gasteiger partial charge in [0, 0.05) is 23.9 Å². The summed E-state index contributed by atoms with van der Waals surface area (Å²) in [5.41, 5.74) is 2.98. The van der Waals surface area contributed by atoms with Gasteiger partial charge < -0.3 is 19.5 Å². The largest absolute Gasteiger partial charge is 0.497 e. The van der Waals surface area contributed by atoms with Crippen molar-refractivity contribution in [2.45, 2.75) is 13.8 Å². The van der Waals surface area contributed by atoms with Crippen molar-refractivity contribution in [3.63, 3.8) is 0 Å². The third kappa shape index (κ3) is 4.97. The highest BCUT2D eigenvalue weighted by Crippen LogP contribution is 2.25. The van der Waals surface area contributed by atoms with E-state index in [1.54, 1.807) is 30.3 Å². The molecule has 1 amide bonds. The van der Waals surface area contributed by atoms with E-state index in [9.17, 15) is 9.59 Å². The fourth-order valence-corrected chi connectivity index (χ4v) is 2.16. The van der Waals surface area contributed by atoms with Crippen LogP contribution < -0.4 is 14.8 Å². The highest BCUT2D eigenvalue weighted by Gasteiger charge is 2.12. The van der Waals surface area contributed by atoms with Gasteiger partial charge in [0.1, 0.15) is 11.5 Å². The number of anilines is 1. The predicted molar refractivity (Wildman–Crippen MR) is 94.4 cm³/mol. The third-order valence-electron chi connectivity index (χ3n) is 3.71. The Hall–Kier alpha value is -3.02. The minimum absolute atomic E-state index is 0.384. The van der Waals surface area contributed by atoms with Crippen LogP contribution in [0.2, 0.25) is 0 Å². The molecule has 0 radical (unpaired) electrons. The van der Waals surface area contributed by atoms with E-state index >= 15 is 0 Å². The van der Waals surface area contributed by atoms with Crippen LogP contribution >= 0.6 is 0 Å². The number of aryl methyl sites for hydroxylation is 2. The number of nitrogens with one attached hydrogen (secondary N) is 1. The SMILES string of the molecule is COc1cc(NC(=O)COC(=O)c2ccc(C)c(C)c2)cc(OC)c1. The van der Waals surface area contributed by atoms with Gasteiger partial charge in [0.25, 0.3) is 5.91 Å². The second-order valence-electron chi connectivity index (χ2n) is 5.52. The lowest BCUT2D eigenvalue weighted by Crippen LogP contribution is -2.21. The summed E-state index contributed by atoms with van der Waals surface area (Å²) >= 11 is 0. The molecule has 1 N–H and O–H groups in total. The van der Waals surface area contributed by atoms with Crippen molar-refractivity contribution in [1.82, 2.24) is 0 Å². The second-order valence-corrected chi connectivity index (χ2v) is 5.52. The molecule has 2 aromatic rings. The molecular weight excluding hydrogens is 322 g/mol. The van der Waals surface area contributed by atoms with Crippen LogP contribution in [0.25, 0.3) is 0 Å². The van der Waals surface area contributed by atoms with Gasteiger partial charge in [-0.25, -0.2) is 4.79 Å². The maximum atomic E-state index is 12.0. The molecule has 0 bridgehead atoms. The maximum absolute atomic E-state index is 12.0. The molecule has 0 aromatic heterocycles. The summed E-state index contributed by atoms with van der Waals surface area (Å²) in [5.74, 6) is 0.0949. The average molecular weight is 343 g/mol. The standard InChI is InChI=1S/C19H21NO5/c1-12-5-6-14(7-13(12)2)19(22)25-11-18(21)20-15-8-16(23-3)10-17(9-15)24-4/h5-10H,11H2,1-4H3,(H,20,21). The summed E-state index contributed by atoms with van der Waals surface area (Å²) in [6.07, 6.45) is 0. The average Bonchev–Trinajstić information content (AvgIpc) is 2.61. The summed E-state index contributed by atoms with van der Waals surface area (Å²) in [6.45, 7) is 3.49. The fraction of sp³-hybridized carbons (Fsp3) is 0.263. The number of carbonyl (C=O) groups is 2. The third-order valence-corrected chi connectivity index (χ3v) is 3.71. The van der Waals surface area contributed by atoms with Gasteiger partial charge >= 0.3 is 5.97 Å². The van der Waals surface area contributed by atoms with Crippen LogP contribution in [0.1, 0.15) is 21.5 Å². The van der Waals surface area contributed by atoms with E-state index in [1.807, 2.05) is 19.9 Å². The number of methoxy groups -OCH3 is 2. The second kappa shape index (κ2) is 8.19. The number of rotatable bonds is 6. The molecule has 0 aliphatic heterocycles. The normalized spacial score (nSPS) is 10.1. The first-order valence-corrected chi connectivity index (χ1v) is 7.70. The molecule has 0 saturated carbocycles. The molecule has 0 aliphatic carbocycles. The Bertz CT molecular complexity index is 763. The van der Waals surface area contributed by atoms with Crippen LogP contribution in [0.5, 0.6) is 11.5 Å². The molecule has 0 saturated heterocycles. The van der Waals surface area contributed by atoms with Gasteiger partial charge in [-0.05, 0) is 37.1 Å². The van der Waals surface area contributed by atoms with Crippen LogP contribution in [0.3, 0.4) is 0 Å². The first-order valence-electron chi connectivity index (χ1n) is 7.70. The first-order chi connectivity index (χ1) is 11.9. The summed E-state index contributed by atoms with van der Waals surface area (Å²) < 4.78 is 15.3. The van der Waals surface area contributed by atoms with Crippen molar-refractivity contribution in [2.24, 2.45) is 0 Å². The van der Waals surface area contributed by atoms with E-state index in [2.05, 4.69) is 5.32 Å². The molecule has 0 aliphatic rings. The molecule has 25 heavy (non-hydrogen) atoms. The maximum Gasteiger partial charge on any atom is 0.338 e. The molecule has 0 unspecified atom stereocenters. The van der Waals surface area contributed by atoms with Gasteiger partial charge in [0.15, 0.2) is 6.61 Å². The lowest BCUT2D eigenvalue weighted by atomic mass is 10.1. The lowest BCUT2D eigenvalue weighted by molar-refractivity contribution is -0.119. The zero-order chi connectivity index (χ0) is 18.4. The zero-order valence-electron chi connectivity index (χ0n) is 14.7. The van der Waals surface area contributed by atoms with E-state index in [0.29, 0.717) is 22.7 Å². The van der Waals surface area contributed by atoms with E-state index in [1.165, 1.54) is 14.2 Å². The number of hydrogen-bond acceptors (Lipinski definition) is 5. The van der Waals surface area contributed by atoms with Gasteiger partial charge in [0.2, 0.25) is 0 Å². The summed E-state index contributed by atoms with van der Waals surface area (Å²) in [5, 5.41) is 2.64. The zero-order valence-corrected chi connectivity index (χ0v) is 14.7. The Balaban J connectivity index is 1.96. The smallest absolute Gasteiger partial charge is 0.338 e. The molecule has 2 rings (SSSR count). The number of ether oxygens (including phenoxy) is 3. The van der Waals surface area contributed by atoms with E-state index in [0.717, 1.165) is 11.1 Å². The minimum atomic E-state index is -0.540. The van der Waals surface area contributed by atoms with E-state index in [-0.39, 0.29) is 6.61 Å². The molecule has 0 fully saturated rings. The molecule has 0 atom stereocenters. The highest BCUT2D eigenvalue weighted by atomic mass is 16.5. The highest BCUT2D eigenvalue weighted by molar-refractivity contribution is 5.95. The van der Waals surface area contributed by atoms with Crippen molar-refractivity contribution in [1.29, 1.82) is 0 Å². The van der Waals surface area contributed by atoms with Gasteiger partial charge in [0.05, 0.1) is 19.8 Å². The summed E-state index contributed by atoms with van der Waals surface area (Å²) in [6, 6.07) is 10.2. The monoisotopic (exact) mass is 343 g/mol. The lowest BCUT2D eigenvalue weighted by Gasteiger charge is -2.10. The number of carbonyl (C=O) groups excluding carboxylic acids is 2. The number of hydrogen-bond donors (Lipinski definition) is 1. The Kier molecular flexibility index (Phi) is 6.00. The first kappa shape index (κ1) is 18.3. The Morgan fingerprint density at radius 2 is 1.56 bits per heavy atom. The van der Waals surface area contributed by atoms with Crippen LogP contribution in [-0.2, 0) is 9.53 Å². The van der Waals surface area contributed by atoms with Crippen LogP contribution in [0, 0.1) is 13.8 Å². The molecule has 132 valence electrons. The van der Waals surface area contributed by atoms with Crippen LogP contribution in [0.4, 0.5) is 5.69 Å². The van der Waals surface area contributed by atoms with Gasteiger partial charge in [-0.1, -0.05) is 6.07 Å². The molecule has 2 aromatic carbocycles. The Morgan fingerprint density at radius 3 is 2.12 bits per heavy atom. The summed E-state index contributed by atoms with van der Waals surface area (Å²) in [7, 11) is 3.04. The molecule has 6 heteroatoms. The van der Waals surface area contributed by atoms with Crippen LogP contribution in [0.15, 0.2) is 36.4 Å². The van der Waals surface area contributed by atoms with Gasteiger partial charge in [-0.15, -0.1) is 0 Å². The van der Waals surface area contributed by atoms with Crippen molar-refractivity contribution < 1.29 is 23.8 Å². The van der Waals surface area contributed by atoms with Crippen molar-refractivity contribution in [3.8, 4) is 11.5 Å². The van der Waals surface area contributed by atoms with Gasteiger partial charge in [-0.3, -0.25) is 4.79 Å². The predicted octanol–water partition coefficient (Wildman–Crippen LogP) is 3.12. The van der Waals surface area contributed by atoms with Crippen LogP contribution in [-0.4, -0.2) is 32.7 Å². The number of benzene rings is 2. The van der Waals surface area contributed by atoms with Crippen molar-refractivity contribution >= 4 is 17.6 Å². The van der Waals surface area contributed by atoms with Crippen molar-refractivity contribution in [3.05, 3.63) is 53.1 Å². The molecule has 0 heterocycles. The molecule has 0 spiro atoms. The Morgan fingerprint density at radius 1 is 0.920 bits per heavy atom. The number of esters is 1. The van der Waals surface area contributed by atoms with E-state index in [4.69, 9.17) is 14.2 Å². The molecular formula is C19H21NO5.